The lowest BCUT2D eigenvalue weighted by Gasteiger charge is -2.07. The molecule has 0 unspecified atom stereocenters. The van der Waals surface area contributed by atoms with E-state index >= 15 is 0 Å². The van der Waals surface area contributed by atoms with Gasteiger partial charge in [-0.05, 0) is 56.4 Å². The van der Waals surface area contributed by atoms with E-state index in [0.29, 0.717) is 17.2 Å². The summed E-state index contributed by atoms with van der Waals surface area (Å²) in [5.74, 6) is 1.52. The summed E-state index contributed by atoms with van der Waals surface area (Å²) >= 11 is 5.36. The number of benzene rings is 1. The topological polar surface area (TPSA) is 60.7 Å². The number of H-pyrrole nitrogens is 1. The van der Waals surface area contributed by atoms with Gasteiger partial charge in [-0.3, -0.25) is 14.3 Å². The maximum atomic E-state index is 5.47. The van der Waals surface area contributed by atoms with E-state index in [1.807, 2.05) is 60.5 Å². The summed E-state index contributed by atoms with van der Waals surface area (Å²) in [6, 6.07) is 9.73. The van der Waals surface area contributed by atoms with Crippen molar-refractivity contribution in [2.24, 2.45) is 7.05 Å². The molecule has 0 saturated heterocycles. The number of hydrogen-bond donors (Lipinski definition) is 1. The first-order valence-corrected chi connectivity index (χ1v) is 7.42. The van der Waals surface area contributed by atoms with Gasteiger partial charge in [0.05, 0.1) is 12.3 Å². The zero-order valence-corrected chi connectivity index (χ0v) is 13.5. The summed E-state index contributed by atoms with van der Waals surface area (Å²) < 4.78 is 9.68. The number of rotatable bonds is 4. The zero-order valence-electron chi connectivity index (χ0n) is 12.7. The van der Waals surface area contributed by atoms with Gasteiger partial charge in [-0.25, -0.2) is 0 Å². The van der Waals surface area contributed by atoms with Crippen LogP contribution in [0, 0.1) is 11.7 Å². The molecule has 1 N–H and O–H groups in total. The van der Waals surface area contributed by atoms with Crippen LogP contribution in [0.4, 0.5) is 0 Å². The zero-order chi connectivity index (χ0) is 15.7. The quantitative estimate of drug-likeness (QED) is 0.752. The van der Waals surface area contributed by atoms with Gasteiger partial charge in [0.25, 0.3) is 0 Å². The van der Waals surface area contributed by atoms with Gasteiger partial charge in [0, 0.05) is 12.7 Å². The number of hydrogen-bond acceptors (Lipinski definition) is 4. The van der Waals surface area contributed by atoms with E-state index in [0.717, 1.165) is 22.8 Å². The first-order chi connectivity index (χ1) is 10.6. The molecule has 0 saturated carbocycles. The summed E-state index contributed by atoms with van der Waals surface area (Å²) in [5, 5.41) is 11.6. The van der Waals surface area contributed by atoms with E-state index in [-0.39, 0.29) is 0 Å². The van der Waals surface area contributed by atoms with Crippen LogP contribution >= 0.6 is 12.2 Å². The number of nitrogens with zero attached hydrogens (tertiary/aromatic N) is 4. The third-order valence-electron chi connectivity index (χ3n) is 3.42. The Morgan fingerprint density at radius 3 is 2.59 bits per heavy atom. The van der Waals surface area contributed by atoms with Crippen LogP contribution in [0.25, 0.3) is 17.2 Å². The minimum Gasteiger partial charge on any atom is -0.494 e. The van der Waals surface area contributed by atoms with Crippen molar-refractivity contribution in [1.29, 1.82) is 0 Å². The van der Waals surface area contributed by atoms with Crippen LogP contribution < -0.4 is 4.74 Å². The molecule has 7 heteroatoms. The van der Waals surface area contributed by atoms with E-state index in [1.54, 1.807) is 0 Å². The van der Waals surface area contributed by atoms with Crippen LogP contribution in [-0.4, -0.2) is 31.2 Å². The van der Waals surface area contributed by atoms with Crippen LogP contribution in [0.15, 0.2) is 30.3 Å². The largest absolute Gasteiger partial charge is 0.494 e. The molecule has 3 rings (SSSR count). The van der Waals surface area contributed by atoms with E-state index in [4.69, 9.17) is 17.0 Å². The third-order valence-corrected chi connectivity index (χ3v) is 3.70. The summed E-state index contributed by atoms with van der Waals surface area (Å²) in [6.07, 6.45) is 0. The predicted octanol–water partition coefficient (Wildman–Crippen LogP) is 3.04. The number of aromatic amines is 1. The number of aryl methyl sites for hydroxylation is 2. The van der Waals surface area contributed by atoms with Crippen molar-refractivity contribution < 1.29 is 4.74 Å². The first-order valence-electron chi connectivity index (χ1n) is 7.02. The fraction of sp³-hybridized carbons (Fsp3) is 0.267. The number of nitrogens with one attached hydrogen (secondary N) is 1. The monoisotopic (exact) mass is 315 g/mol. The molecule has 0 aliphatic carbocycles. The lowest BCUT2D eigenvalue weighted by molar-refractivity contribution is 0.340. The van der Waals surface area contributed by atoms with Gasteiger partial charge in [-0.15, -0.1) is 0 Å². The number of ether oxygens (including phenoxy) is 1. The van der Waals surface area contributed by atoms with Crippen molar-refractivity contribution in [1.82, 2.24) is 24.5 Å². The molecule has 0 bridgehead atoms. The van der Waals surface area contributed by atoms with Gasteiger partial charge in [0.2, 0.25) is 0 Å². The summed E-state index contributed by atoms with van der Waals surface area (Å²) in [5.41, 5.74) is 2.75. The van der Waals surface area contributed by atoms with Gasteiger partial charge >= 0.3 is 0 Å². The van der Waals surface area contributed by atoms with Gasteiger partial charge in [-0.2, -0.15) is 10.2 Å². The molecule has 2 aromatic heterocycles. The van der Waals surface area contributed by atoms with Gasteiger partial charge in [-0.1, -0.05) is 0 Å². The molecule has 0 amide bonds. The molecule has 6 nitrogen and oxygen atoms in total. The normalized spacial score (nSPS) is 10.9. The van der Waals surface area contributed by atoms with E-state index in [2.05, 4.69) is 15.3 Å². The van der Waals surface area contributed by atoms with Crippen LogP contribution in [-0.2, 0) is 7.05 Å². The standard InChI is InChI=1S/C15H17N5OS/c1-4-21-12-7-5-11(6-8-12)20-14(16-17-15(20)22)13-9-10(2)19(3)18-13/h5-9H,4H2,1-3H3,(H,17,22). The molecule has 1 aromatic carbocycles. The highest BCUT2D eigenvalue weighted by molar-refractivity contribution is 7.71. The fourth-order valence-electron chi connectivity index (χ4n) is 2.24. The van der Waals surface area contributed by atoms with Crippen molar-refractivity contribution in [3.05, 3.63) is 40.8 Å². The van der Waals surface area contributed by atoms with Crippen molar-refractivity contribution in [2.75, 3.05) is 6.61 Å². The lowest BCUT2D eigenvalue weighted by Crippen LogP contribution is -1.99. The maximum absolute atomic E-state index is 5.47. The highest BCUT2D eigenvalue weighted by atomic mass is 32.1. The summed E-state index contributed by atoms with van der Waals surface area (Å²) in [7, 11) is 1.90. The Morgan fingerprint density at radius 1 is 1.27 bits per heavy atom. The average Bonchev–Trinajstić information content (AvgIpc) is 3.04. The van der Waals surface area contributed by atoms with Crippen LogP contribution in [0.5, 0.6) is 5.75 Å². The molecule has 0 aliphatic heterocycles. The molecule has 0 radical (unpaired) electrons. The summed E-state index contributed by atoms with van der Waals surface area (Å²) in [4.78, 5) is 0. The minimum absolute atomic E-state index is 0.530. The second-order valence-electron chi connectivity index (χ2n) is 4.91. The lowest BCUT2D eigenvalue weighted by atomic mass is 10.3. The molecule has 0 aliphatic rings. The van der Waals surface area contributed by atoms with Gasteiger partial charge < -0.3 is 4.74 Å². The second kappa shape index (κ2) is 5.76. The maximum Gasteiger partial charge on any atom is 0.200 e. The van der Waals surface area contributed by atoms with Crippen molar-refractivity contribution in [3.8, 4) is 23.0 Å². The molecule has 114 valence electrons. The van der Waals surface area contributed by atoms with Gasteiger partial charge in [0.15, 0.2) is 10.6 Å². The Hall–Kier alpha value is -2.41. The molecular weight excluding hydrogens is 298 g/mol. The highest BCUT2D eigenvalue weighted by Crippen LogP contribution is 2.22. The molecule has 0 fully saturated rings. The molecule has 0 spiro atoms. The number of aromatic nitrogens is 5. The summed E-state index contributed by atoms with van der Waals surface area (Å²) in [6.45, 7) is 4.60. The predicted molar refractivity (Wildman–Crippen MR) is 86.9 cm³/mol. The van der Waals surface area contributed by atoms with Crippen molar-refractivity contribution in [2.45, 2.75) is 13.8 Å². The van der Waals surface area contributed by atoms with Crippen molar-refractivity contribution in [3.63, 3.8) is 0 Å². The molecular formula is C15H17N5OS. The van der Waals surface area contributed by atoms with Crippen LogP contribution in [0.3, 0.4) is 0 Å². The van der Waals surface area contributed by atoms with E-state index < -0.39 is 0 Å². The first kappa shape index (κ1) is 14.5. The third kappa shape index (κ3) is 2.55. The Kier molecular flexibility index (Phi) is 3.81. The Labute approximate surface area is 133 Å². The Morgan fingerprint density at radius 2 is 2.00 bits per heavy atom. The van der Waals surface area contributed by atoms with Crippen molar-refractivity contribution >= 4 is 12.2 Å². The Balaban J connectivity index is 2.07. The highest BCUT2D eigenvalue weighted by Gasteiger charge is 2.14. The SMILES string of the molecule is CCOc1ccc(-n2c(-c3cc(C)n(C)n3)n[nH]c2=S)cc1. The average molecular weight is 315 g/mol. The van der Waals surface area contributed by atoms with E-state index in [1.165, 1.54) is 0 Å². The fourth-order valence-corrected chi connectivity index (χ4v) is 2.47. The second-order valence-corrected chi connectivity index (χ2v) is 5.30. The van der Waals surface area contributed by atoms with Crippen LogP contribution in [0.2, 0.25) is 0 Å². The smallest absolute Gasteiger partial charge is 0.200 e. The van der Waals surface area contributed by atoms with Crippen LogP contribution in [0.1, 0.15) is 12.6 Å². The van der Waals surface area contributed by atoms with E-state index in [9.17, 15) is 0 Å². The Bertz CT molecular complexity index is 824. The molecule has 2 heterocycles. The molecule has 3 aromatic rings. The molecule has 0 atom stereocenters. The minimum atomic E-state index is 0.530. The van der Waals surface area contributed by atoms with Gasteiger partial charge in [0.1, 0.15) is 11.4 Å². The molecule has 22 heavy (non-hydrogen) atoms.